The molecule has 0 unspecified atom stereocenters. The Morgan fingerprint density at radius 1 is 1.16 bits per heavy atom. The number of fused-ring (bicyclic) bond motifs is 1. The summed E-state index contributed by atoms with van der Waals surface area (Å²) in [6.45, 7) is 4.25. The molecule has 1 aromatic rings. The molecule has 1 aliphatic heterocycles. The second-order valence-corrected chi connectivity index (χ2v) is 7.31. The van der Waals surface area contributed by atoms with Crippen LogP contribution in [0.25, 0.3) is 0 Å². The summed E-state index contributed by atoms with van der Waals surface area (Å²) in [7, 11) is 1.91. The predicted molar refractivity (Wildman–Crippen MR) is 96.2 cm³/mol. The molecule has 0 N–H and O–H groups in total. The molecule has 2 atom stereocenters. The summed E-state index contributed by atoms with van der Waals surface area (Å²) in [6, 6.07) is 1.83. The van der Waals surface area contributed by atoms with Gasteiger partial charge >= 0.3 is 0 Å². The lowest BCUT2D eigenvalue weighted by Crippen LogP contribution is -2.48. The van der Waals surface area contributed by atoms with Crippen molar-refractivity contribution in [2.75, 3.05) is 20.1 Å². The molecule has 6 heteroatoms. The molecule has 0 radical (unpaired) electrons. The number of hydrogen-bond acceptors (Lipinski definition) is 3. The van der Waals surface area contributed by atoms with Crippen molar-refractivity contribution in [3.8, 4) is 0 Å². The van der Waals surface area contributed by atoms with Gasteiger partial charge in [0.15, 0.2) is 0 Å². The molecule has 0 aromatic carbocycles. The normalized spacial score (nSPS) is 25.6. The van der Waals surface area contributed by atoms with Crippen LogP contribution in [0.4, 0.5) is 0 Å². The molecule has 3 rings (SSSR count). The van der Waals surface area contributed by atoms with Crippen molar-refractivity contribution in [1.29, 1.82) is 0 Å². The van der Waals surface area contributed by atoms with Gasteiger partial charge in [0.05, 0.1) is 5.92 Å². The van der Waals surface area contributed by atoms with E-state index in [1.165, 1.54) is 0 Å². The second-order valence-electron chi connectivity index (χ2n) is 7.31. The first-order chi connectivity index (χ1) is 12.1. The van der Waals surface area contributed by atoms with Gasteiger partial charge in [0.2, 0.25) is 5.91 Å². The zero-order chi connectivity index (χ0) is 17.8. The second kappa shape index (κ2) is 8.02. The predicted octanol–water partition coefficient (Wildman–Crippen LogP) is 2.55. The zero-order valence-corrected chi connectivity index (χ0v) is 15.5. The van der Waals surface area contributed by atoms with E-state index >= 15 is 0 Å². The standard InChI is InChI=1S/C19H30N4O2/c1-3-23-17(11-12-20-23)19(25)22-14-7-5-4-6-13-21(2)18(24)15-9-8-10-16(15)22/h11-12,15-16H,3-10,13-14H2,1-2H3/t15-,16+/m1/s1. The summed E-state index contributed by atoms with van der Waals surface area (Å²) in [5, 5.41) is 4.25. The largest absolute Gasteiger partial charge is 0.345 e. The third-order valence-corrected chi connectivity index (χ3v) is 5.71. The van der Waals surface area contributed by atoms with Crippen molar-refractivity contribution in [2.45, 2.75) is 64.5 Å². The highest BCUT2D eigenvalue weighted by atomic mass is 16.2. The fourth-order valence-electron chi connectivity index (χ4n) is 4.31. The summed E-state index contributed by atoms with van der Waals surface area (Å²) in [5.41, 5.74) is 0.642. The third-order valence-electron chi connectivity index (χ3n) is 5.71. The summed E-state index contributed by atoms with van der Waals surface area (Å²) >= 11 is 0. The van der Waals surface area contributed by atoms with Crippen molar-refractivity contribution >= 4 is 11.8 Å². The number of carbonyl (C=O) groups is 2. The van der Waals surface area contributed by atoms with Crippen molar-refractivity contribution in [2.24, 2.45) is 5.92 Å². The maximum Gasteiger partial charge on any atom is 0.272 e. The Hall–Kier alpha value is -1.85. The Morgan fingerprint density at radius 3 is 2.68 bits per heavy atom. The Balaban J connectivity index is 1.88. The van der Waals surface area contributed by atoms with Crippen LogP contribution in [0.15, 0.2) is 12.3 Å². The molecule has 2 amide bonds. The van der Waals surface area contributed by atoms with Gasteiger partial charge in [-0.05, 0) is 38.7 Å². The summed E-state index contributed by atoms with van der Waals surface area (Å²) in [5.74, 6) is 0.196. The van der Waals surface area contributed by atoms with Crippen molar-refractivity contribution in [3.63, 3.8) is 0 Å². The van der Waals surface area contributed by atoms with Crippen LogP contribution >= 0.6 is 0 Å². The fourth-order valence-corrected chi connectivity index (χ4v) is 4.31. The number of nitrogens with zero attached hydrogens (tertiary/aromatic N) is 4. The highest BCUT2D eigenvalue weighted by Gasteiger charge is 2.40. The van der Waals surface area contributed by atoms with E-state index in [4.69, 9.17) is 0 Å². The first-order valence-electron chi connectivity index (χ1n) is 9.71. The molecule has 2 aliphatic rings. The molecule has 2 fully saturated rings. The molecule has 1 saturated heterocycles. The summed E-state index contributed by atoms with van der Waals surface area (Å²) < 4.78 is 1.76. The van der Waals surface area contributed by atoms with Crippen LogP contribution in [0.1, 0.15) is 62.4 Å². The van der Waals surface area contributed by atoms with E-state index in [0.717, 1.165) is 58.0 Å². The smallest absolute Gasteiger partial charge is 0.272 e. The molecule has 2 heterocycles. The maximum atomic E-state index is 13.3. The Morgan fingerprint density at radius 2 is 1.92 bits per heavy atom. The van der Waals surface area contributed by atoms with Crippen molar-refractivity contribution < 1.29 is 9.59 Å². The van der Waals surface area contributed by atoms with Crippen molar-refractivity contribution in [1.82, 2.24) is 19.6 Å². The molecule has 1 aliphatic carbocycles. The van der Waals surface area contributed by atoms with Crippen LogP contribution in [0.3, 0.4) is 0 Å². The molecule has 1 saturated carbocycles. The molecule has 0 spiro atoms. The van der Waals surface area contributed by atoms with E-state index in [9.17, 15) is 9.59 Å². The van der Waals surface area contributed by atoms with E-state index in [1.807, 2.05) is 23.8 Å². The Bertz CT molecular complexity index is 612. The van der Waals surface area contributed by atoms with Crippen LogP contribution in [0.2, 0.25) is 0 Å². The first-order valence-corrected chi connectivity index (χ1v) is 9.71. The molecule has 138 valence electrons. The number of amides is 2. The minimum Gasteiger partial charge on any atom is -0.345 e. The molecule has 1 aromatic heterocycles. The quantitative estimate of drug-likeness (QED) is 0.827. The maximum absolute atomic E-state index is 13.3. The third kappa shape index (κ3) is 3.72. The molecule has 0 bridgehead atoms. The van der Waals surface area contributed by atoms with Crippen molar-refractivity contribution in [3.05, 3.63) is 18.0 Å². The highest BCUT2D eigenvalue weighted by Crippen LogP contribution is 2.33. The van der Waals surface area contributed by atoms with Gasteiger partial charge in [0, 0.05) is 38.9 Å². The van der Waals surface area contributed by atoms with Gasteiger partial charge in [-0.2, -0.15) is 5.10 Å². The van der Waals surface area contributed by atoms with Crippen LogP contribution in [0, 0.1) is 5.92 Å². The number of carbonyl (C=O) groups excluding carboxylic acids is 2. The SMILES string of the molecule is CCn1nccc1C(=O)N1CCCCCCN(C)C(=O)[C@@H]2CCC[C@@H]21. The number of aromatic nitrogens is 2. The molecule has 6 nitrogen and oxygen atoms in total. The van der Waals surface area contributed by atoms with Gasteiger partial charge in [-0.3, -0.25) is 14.3 Å². The van der Waals surface area contributed by atoms with Crippen LogP contribution in [-0.4, -0.2) is 57.6 Å². The number of rotatable bonds is 2. The summed E-state index contributed by atoms with van der Waals surface area (Å²) in [6.07, 6.45) is 8.81. The van der Waals surface area contributed by atoms with Gasteiger partial charge in [-0.1, -0.05) is 19.3 Å². The van der Waals surface area contributed by atoms with Crippen LogP contribution in [-0.2, 0) is 11.3 Å². The van der Waals surface area contributed by atoms with Gasteiger partial charge in [-0.15, -0.1) is 0 Å². The van der Waals surface area contributed by atoms with Crippen LogP contribution in [0.5, 0.6) is 0 Å². The first kappa shape index (κ1) is 18.0. The van der Waals surface area contributed by atoms with E-state index in [2.05, 4.69) is 5.10 Å². The lowest BCUT2D eigenvalue weighted by Gasteiger charge is -2.34. The minimum atomic E-state index is -0.0509. The highest BCUT2D eigenvalue weighted by molar-refractivity contribution is 5.93. The molecule has 25 heavy (non-hydrogen) atoms. The van der Waals surface area contributed by atoms with E-state index in [0.29, 0.717) is 12.2 Å². The summed E-state index contributed by atoms with van der Waals surface area (Å²) in [4.78, 5) is 30.0. The van der Waals surface area contributed by atoms with Gasteiger partial charge in [0.25, 0.3) is 5.91 Å². The minimum absolute atomic E-state index is 0.0285. The lowest BCUT2D eigenvalue weighted by molar-refractivity contribution is -0.135. The van der Waals surface area contributed by atoms with Gasteiger partial charge in [-0.25, -0.2) is 0 Å². The fraction of sp³-hybridized carbons (Fsp3) is 0.737. The zero-order valence-electron chi connectivity index (χ0n) is 15.5. The van der Waals surface area contributed by atoms with Gasteiger partial charge in [0.1, 0.15) is 5.69 Å². The average molecular weight is 346 g/mol. The van der Waals surface area contributed by atoms with Crippen LogP contribution < -0.4 is 0 Å². The Labute approximate surface area is 150 Å². The van der Waals surface area contributed by atoms with E-state index in [-0.39, 0.29) is 23.8 Å². The molecular formula is C19H30N4O2. The average Bonchev–Trinajstić information content (AvgIpc) is 3.27. The van der Waals surface area contributed by atoms with E-state index in [1.54, 1.807) is 16.9 Å². The topological polar surface area (TPSA) is 58.4 Å². The number of aryl methyl sites for hydroxylation is 1. The molecular weight excluding hydrogens is 316 g/mol. The number of hydrogen-bond donors (Lipinski definition) is 0. The lowest BCUT2D eigenvalue weighted by atomic mass is 9.99. The van der Waals surface area contributed by atoms with E-state index < -0.39 is 0 Å². The van der Waals surface area contributed by atoms with Gasteiger partial charge < -0.3 is 9.80 Å². The monoisotopic (exact) mass is 346 g/mol. The Kier molecular flexibility index (Phi) is 5.76.